The van der Waals surface area contributed by atoms with Gasteiger partial charge in [0.25, 0.3) is 0 Å². The van der Waals surface area contributed by atoms with Gasteiger partial charge in [0.05, 0.1) is 25.4 Å². The highest BCUT2D eigenvalue weighted by Gasteiger charge is 2.44. The average Bonchev–Trinajstić information content (AvgIpc) is 3.33. The van der Waals surface area contributed by atoms with E-state index in [1.165, 1.54) is 89.9 Å². The number of nitrogens with one attached hydrogen (secondary N) is 1. The van der Waals surface area contributed by atoms with Gasteiger partial charge in [0.1, 0.15) is 24.4 Å². The summed E-state index contributed by atoms with van der Waals surface area (Å²) in [6.07, 6.45) is 60.4. The van der Waals surface area contributed by atoms with Crippen molar-refractivity contribution in [2.24, 2.45) is 0 Å². The number of hydrogen-bond acceptors (Lipinski definition) is 8. The van der Waals surface area contributed by atoms with Gasteiger partial charge in [-0.3, -0.25) is 4.79 Å². The van der Waals surface area contributed by atoms with E-state index in [2.05, 4.69) is 116 Å². The first-order valence-electron chi connectivity index (χ1n) is 26.9. The van der Waals surface area contributed by atoms with E-state index in [9.17, 15) is 30.3 Å². The fourth-order valence-electron chi connectivity index (χ4n) is 7.94. The minimum absolute atomic E-state index is 0.144. The van der Waals surface area contributed by atoms with Crippen molar-refractivity contribution in [1.82, 2.24) is 5.32 Å². The molecule has 1 fully saturated rings. The number of ether oxygens (including phenoxy) is 2. The summed E-state index contributed by atoms with van der Waals surface area (Å²) in [5, 5.41) is 54.2. The zero-order valence-corrected chi connectivity index (χ0v) is 42.4. The van der Waals surface area contributed by atoms with Crippen LogP contribution in [0.15, 0.2) is 97.2 Å². The van der Waals surface area contributed by atoms with E-state index in [0.29, 0.717) is 12.8 Å². The second-order valence-electron chi connectivity index (χ2n) is 18.3. The number of hydrogen-bond donors (Lipinski definition) is 6. The summed E-state index contributed by atoms with van der Waals surface area (Å²) >= 11 is 0. The SMILES string of the molecule is CC/C=C\C/C=C\C/C=C\C/C=C\C/C=C\C/C=C\C/C=C\C/C=C\CCCCCCCCCCCCCCC(=O)NC(COC1OC(CO)C(O)C(O)C1O)C(O)CCCCCCCCC. The summed E-state index contributed by atoms with van der Waals surface area (Å²) in [5.74, 6) is -0.155. The molecule has 1 heterocycles. The lowest BCUT2D eigenvalue weighted by Crippen LogP contribution is -2.60. The van der Waals surface area contributed by atoms with Crippen molar-refractivity contribution >= 4 is 5.91 Å². The largest absolute Gasteiger partial charge is 0.394 e. The van der Waals surface area contributed by atoms with Crippen LogP contribution in [0.3, 0.4) is 0 Å². The van der Waals surface area contributed by atoms with Crippen LogP contribution in [0.5, 0.6) is 0 Å². The van der Waals surface area contributed by atoms with Gasteiger partial charge in [0, 0.05) is 6.42 Å². The third kappa shape index (κ3) is 36.7. The zero-order valence-electron chi connectivity index (χ0n) is 42.4. The highest BCUT2D eigenvalue weighted by Crippen LogP contribution is 2.23. The van der Waals surface area contributed by atoms with Crippen LogP contribution < -0.4 is 5.32 Å². The smallest absolute Gasteiger partial charge is 0.220 e. The second-order valence-corrected chi connectivity index (χ2v) is 18.3. The molecule has 0 spiro atoms. The number of allylic oxidation sites excluding steroid dienone is 16. The third-order valence-electron chi connectivity index (χ3n) is 12.2. The molecule has 9 nitrogen and oxygen atoms in total. The summed E-state index contributed by atoms with van der Waals surface area (Å²) < 4.78 is 11.2. The molecule has 384 valence electrons. The second kappa shape index (κ2) is 46.8. The Kier molecular flexibility index (Phi) is 43.4. The first-order chi connectivity index (χ1) is 32.8. The number of carbonyl (C=O) groups excluding carboxylic acids is 1. The van der Waals surface area contributed by atoms with E-state index < -0.39 is 49.5 Å². The van der Waals surface area contributed by atoms with Gasteiger partial charge < -0.3 is 40.3 Å². The van der Waals surface area contributed by atoms with Gasteiger partial charge in [0.2, 0.25) is 5.91 Å². The maximum Gasteiger partial charge on any atom is 0.220 e. The van der Waals surface area contributed by atoms with Crippen molar-refractivity contribution in [1.29, 1.82) is 0 Å². The summed E-state index contributed by atoms with van der Waals surface area (Å²) in [7, 11) is 0. The fraction of sp³-hybridized carbons (Fsp3) is 0.707. The Labute approximate surface area is 409 Å². The number of rotatable bonds is 44. The van der Waals surface area contributed by atoms with Gasteiger partial charge in [0.15, 0.2) is 6.29 Å². The Morgan fingerprint density at radius 3 is 1.37 bits per heavy atom. The van der Waals surface area contributed by atoms with Gasteiger partial charge in [-0.15, -0.1) is 0 Å². The van der Waals surface area contributed by atoms with Crippen molar-refractivity contribution in [3.8, 4) is 0 Å². The van der Waals surface area contributed by atoms with Crippen LogP contribution in [0, 0.1) is 0 Å². The minimum Gasteiger partial charge on any atom is -0.394 e. The van der Waals surface area contributed by atoms with Crippen LogP contribution in [0.2, 0.25) is 0 Å². The minimum atomic E-state index is -1.56. The summed E-state index contributed by atoms with van der Waals surface area (Å²) in [4.78, 5) is 13.0. The van der Waals surface area contributed by atoms with Gasteiger partial charge in [-0.05, 0) is 77.0 Å². The van der Waals surface area contributed by atoms with Gasteiger partial charge >= 0.3 is 0 Å². The normalized spacial score (nSPS) is 20.5. The maximum absolute atomic E-state index is 13.0. The van der Waals surface area contributed by atoms with E-state index >= 15 is 0 Å². The lowest BCUT2D eigenvalue weighted by atomic mass is 9.99. The first kappa shape index (κ1) is 62.1. The molecule has 1 rings (SSSR count). The van der Waals surface area contributed by atoms with Crippen molar-refractivity contribution in [2.45, 2.75) is 249 Å². The van der Waals surface area contributed by atoms with Crippen molar-refractivity contribution in [3.05, 3.63) is 97.2 Å². The van der Waals surface area contributed by atoms with E-state index in [0.717, 1.165) is 89.9 Å². The predicted molar refractivity (Wildman–Crippen MR) is 281 cm³/mol. The first-order valence-corrected chi connectivity index (χ1v) is 26.9. The molecule has 0 radical (unpaired) electrons. The molecule has 1 aliphatic heterocycles. The van der Waals surface area contributed by atoms with Crippen molar-refractivity contribution in [2.75, 3.05) is 13.2 Å². The molecule has 7 unspecified atom stereocenters. The average molecular weight is 938 g/mol. The molecular weight excluding hydrogens is 839 g/mol. The topological polar surface area (TPSA) is 149 Å². The molecule has 0 saturated carbocycles. The van der Waals surface area contributed by atoms with E-state index in [1.54, 1.807) is 0 Å². The van der Waals surface area contributed by atoms with Crippen LogP contribution in [-0.4, -0.2) is 87.5 Å². The van der Waals surface area contributed by atoms with E-state index in [4.69, 9.17) is 9.47 Å². The van der Waals surface area contributed by atoms with Crippen LogP contribution >= 0.6 is 0 Å². The van der Waals surface area contributed by atoms with Gasteiger partial charge in [-0.2, -0.15) is 0 Å². The highest BCUT2D eigenvalue weighted by molar-refractivity contribution is 5.76. The Balaban J connectivity index is 2.07. The molecule has 6 N–H and O–H groups in total. The van der Waals surface area contributed by atoms with Gasteiger partial charge in [-0.1, -0.05) is 220 Å². The van der Waals surface area contributed by atoms with Crippen LogP contribution in [0.1, 0.15) is 206 Å². The number of amides is 1. The van der Waals surface area contributed by atoms with Crippen LogP contribution in [-0.2, 0) is 14.3 Å². The van der Waals surface area contributed by atoms with Crippen LogP contribution in [0.4, 0.5) is 0 Å². The molecule has 0 aromatic heterocycles. The zero-order chi connectivity index (χ0) is 48.7. The number of aliphatic hydroxyl groups is 5. The molecule has 7 atom stereocenters. The number of carbonyl (C=O) groups is 1. The summed E-state index contributed by atoms with van der Waals surface area (Å²) in [6, 6.07) is -0.722. The molecule has 0 bridgehead atoms. The van der Waals surface area contributed by atoms with E-state index in [-0.39, 0.29) is 12.5 Å². The van der Waals surface area contributed by atoms with E-state index in [1.807, 2.05) is 0 Å². The number of aliphatic hydroxyl groups excluding tert-OH is 5. The standard InChI is InChI=1S/C58H99NO8/c1-3-5-7-9-11-12-13-14-15-16-17-18-19-20-21-22-23-24-25-26-27-28-29-30-31-32-33-34-35-36-37-38-39-40-42-44-46-48-54(62)59-51(52(61)47-45-43-41-10-8-6-4-2)50-66-58-57(65)56(64)55(63)53(49-60)67-58/h5,7,11-12,14-15,17-18,20-21,23-24,26-27,29-30,51-53,55-58,60-61,63-65H,3-4,6,8-10,13,16,19,22,25,28,31-50H2,1-2H3,(H,59,62)/b7-5-,12-11-,15-14-,18-17-,21-20-,24-23-,27-26-,30-29-. The highest BCUT2D eigenvalue weighted by atomic mass is 16.7. The predicted octanol–water partition coefficient (Wildman–Crippen LogP) is 12.8. The Bertz CT molecular complexity index is 1370. The molecule has 1 aliphatic rings. The summed E-state index contributed by atoms with van der Waals surface area (Å²) in [6.45, 7) is 3.65. The van der Waals surface area contributed by atoms with Gasteiger partial charge in [-0.25, -0.2) is 0 Å². The molecule has 9 heteroatoms. The molecule has 1 amide bonds. The molecule has 0 aromatic carbocycles. The lowest BCUT2D eigenvalue weighted by Gasteiger charge is -2.40. The Hall–Kier alpha value is -2.89. The quantitative estimate of drug-likeness (QED) is 0.0261. The maximum atomic E-state index is 13.0. The molecule has 1 saturated heterocycles. The lowest BCUT2D eigenvalue weighted by molar-refractivity contribution is -0.302. The molecular formula is C58H99NO8. The monoisotopic (exact) mass is 938 g/mol. The Morgan fingerprint density at radius 2 is 0.925 bits per heavy atom. The fourth-order valence-corrected chi connectivity index (χ4v) is 7.94. The third-order valence-corrected chi connectivity index (χ3v) is 12.2. The molecule has 0 aliphatic carbocycles. The van der Waals surface area contributed by atoms with Crippen LogP contribution in [0.25, 0.3) is 0 Å². The van der Waals surface area contributed by atoms with Crippen molar-refractivity contribution < 1.29 is 39.8 Å². The molecule has 67 heavy (non-hydrogen) atoms. The number of unbranched alkanes of at least 4 members (excludes halogenated alkanes) is 18. The summed E-state index contributed by atoms with van der Waals surface area (Å²) in [5.41, 5.74) is 0. The van der Waals surface area contributed by atoms with Crippen molar-refractivity contribution in [3.63, 3.8) is 0 Å². The Morgan fingerprint density at radius 1 is 0.522 bits per heavy atom. The molecule has 0 aromatic rings.